The Kier molecular flexibility index (Phi) is 4.15. The van der Waals surface area contributed by atoms with Crippen LogP contribution in [0.1, 0.15) is 15.9 Å². The number of hydrogen-bond acceptors (Lipinski definition) is 4. The molecule has 0 atom stereocenters. The van der Waals surface area contributed by atoms with E-state index in [1.54, 1.807) is 30.3 Å². The van der Waals surface area contributed by atoms with E-state index in [0.29, 0.717) is 11.3 Å². The molecule has 0 spiro atoms. The molecule has 98 valence electrons. The predicted octanol–water partition coefficient (Wildman–Crippen LogP) is 2.61. The summed E-state index contributed by atoms with van der Waals surface area (Å²) in [6.07, 6.45) is 0. The predicted molar refractivity (Wildman–Crippen MR) is 70.5 cm³/mol. The molecule has 0 amide bonds. The number of carbonyl (C=O) groups excluding carboxylic acids is 1. The number of phenolic OH excluding ortho intramolecular Hbond substituents is 1. The van der Waals surface area contributed by atoms with E-state index in [1.807, 2.05) is 6.07 Å². The van der Waals surface area contributed by atoms with Crippen molar-refractivity contribution in [2.45, 2.75) is 0 Å². The maximum atomic E-state index is 12.2. The first kappa shape index (κ1) is 13.1. The lowest BCUT2D eigenvalue weighted by Gasteiger charge is -2.08. The van der Waals surface area contributed by atoms with Crippen molar-refractivity contribution >= 4 is 5.78 Å². The Bertz CT molecular complexity index is 564. The van der Waals surface area contributed by atoms with Crippen LogP contribution < -0.4 is 4.74 Å². The average Bonchev–Trinajstić information content (AvgIpc) is 2.45. The van der Waals surface area contributed by atoms with E-state index in [2.05, 4.69) is 0 Å². The summed E-state index contributed by atoms with van der Waals surface area (Å²) in [6, 6.07) is 13.4. The molecule has 0 aliphatic heterocycles. The number of benzene rings is 2. The molecule has 0 saturated carbocycles. The Morgan fingerprint density at radius 2 is 1.89 bits per heavy atom. The van der Waals surface area contributed by atoms with Gasteiger partial charge in [0.2, 0.25) is 0 Å². The summed E-state index contributed by atoms with van der Waals surface area (Å²) in [7, 11) is 1.51. The van der Waals surface area contributed by atoms with Crippen LogP contribution in [0, 0.1) is 0 Å². The minimum atomic E-state index is -0.226. The molecule has 0 aromatic heterocycles. The monoisotopic (exact) mass is 258 g/mol. The molecule has 0 aliphatic rings. The van der Waals surface area contributed by atoms with E-state index in [4.69, 9.17) is 9.47 Å². The van der Waals surface area contributed by atoms with Gasteiger partial charge < -0.3 is 14.6 Å². The normalized spacial score (nSPS) is 10.2. The first-order valence-electron chi connectivity index (χ1n) is 5.77. The molecular weight excluding hydrogens is 244 g/mol. The first-order chi connectivity index (χ1) is 9.22. The number of hydrogen-bond donors (Lipinski definition) is 1. The van der Waals surface area contributed by atoms with Gasteiger partial charge in [0.05, 0.1) is 5.56 Å². The van der Waals surface area contributed by atoms with Gasteiger partial charge in [0.1, 0.15) is 11.5 Å². The van der Waals surface area contributed by atoms with Crippen molar-refractivity contribution in [2.75, 3.05) is 13.9 Å². The van der Waals surface area contributed by atoms with Crippen LogP contribution in [-0.2, 0) is 4.74 Å². The standard InChI is InChI=1S/C15H14O4/c1-18-10-19-12-7-8-13(14(16)9-12)15(17)11-5-3-2-4-6-11/h2-9,16H,10H2,1H3. The van der Waals surface area contributed by atoms with Gasteiger partial charge in [0, 0.05) is 18.7 Å². The Morgan fingerprint density at radius 1 is 1.16 bits per heavy atom. The summed E-state index contributed by atoms with van der Waals surface area (Å²) >= 11 is 0. The molecular formula is C15H14O4. The van der Waals surface area contributed by atoms with Crippen molar-refractivity contribution in [3.05, 3.63) is 59.7 Å². The van der Waals surface area contributed by atoms with Crippen LogP contribution in [-0.4, -0.2) is 24.8 Å². The van der Waals surface area contributed by atoms with E-state index < -0.39 is 0 Å². The zero-order valence-electron chi connectivity index (χ0n) is 10.5. The molecule has 2 aromatic rings. The fraction of sp³-hybridized carbons (Fsp3) is 0.133. The van der Waals surface area contributed by atoms with Crippen LogP contribution in [0.25, 0.3) is 0 Å². The highest BCUT2D eigenvalue weighted by atomic mass is 16.7. The van der Waals surface area contributed by atoms with Crippen LogP contribution in [0.2, 0.25) is 0 Å². The van der Waals surface area contributed by atoms with Crippen LogP contribution in [0.4, 0.5) is 0 Å². The second kappa shape index (κ2) is 6.02. The Hall–Kier alpha value is -2.33. The molecule has 0 bridgehead atoms. The summed E-state index contributed by atoms with van der Waals surface area (Å²) in [5.41, 5.74) is 0.777. The SMILES string of the molecule is COCOc1ccc(C(=O)c2ccccc2)c(O)c1. The van der Waals surface area contributed by atoms with Crippen LogP contribution in [0.5, 0.6) is 11.5 Å². The minimum absolute atomic E-state index is 0.0887. The van der Waals surface area contributed by atoms with Crippen molar-refractivity contribution in [3.8, 4) is 11.5 Å². The van der Waals surface area contributed by atoms with Gasteiger partial charge in [0.15, 0.2) is 12.6 Å². The van der Waals surface area contributed by atoms with Crippen molar-refractivity contribution in [1.29, 1.82) is 0 Å². The van der Waals surface area contributed by atoms with Gasteiger partial charge in [-0.05, 0) is 12.1 Å². The lowest BCUT2D eigenvalue weighted by Crippen LogP contribution is -2.03. The second-order valence-electron chi connectivity index (χ2n) is 3.92. The summed E-state index contributed by atoms with van der Waals surface area (Å²) in [5.74, 6) is 0.114. The van der Waals surface area contributed by atoms with E-state index in [1.165, 1.54) is 19.2 Å². The van der Waals surface area contributed by atoms with Gasteiger partial charge >= 0.3 is 0 Å². The molecule has 19 heavy (non-hydrogen) atoms. The molecule has 1 N–H and O–H groups in total. The minimum Gasteiger partial charge on any atom is -0.507 e. The van der Waals surface area contributed by atoms with E-state index in [-0.39, 0.29) is 23.9 Å². The molecule has 0 saturated heterocycles. The average molecular weight is 258 g/mol. The Morgan fingerprint density at radius 3 is 2.53 bits per heavy atom. The zero-order valence-corrected chi connectivity index (χ0v) is 10.5. The quantitative estimate of drug-likeness (QED) is 0.661. The van der Waals surface area contributed by atoms with Gasteiger partial charge in [-0.15, -0.1) is 0 Å². The van der Waals surface area contributed by atoms with Crippen molar-refractivity contribution in [1.82, 2.24) is 0 Å². The van der Waals surface area contributed by atoms with Crippen LogP contribution in [0.3, 0.4) is 0 Å². The van der Waals surface area contributed by atoms with E-state index >= 15 is 0 Å². The zero-order chi connectivity index (χ0) is 13.7. The molecule has 2 rings (SSSR count). The summed E-state index contributed by atoms with van der Waals surface area (Å²) in [4.78, 5) is 12.2. The number of aromatic hydroxyl groups is 1. The molecule has 0 aliphatic carbocycles. The third kappa shape index (κ3) is 3.11. The fourth-order valence-electron chi connectivity index (χ4n) is 1.67. The molecule has 0 radical (unpaired) electrons. The van der Waals surface area contributed by atoms with Crippen molar-refractivity contribution in [2.24, 2.45) is 0 Å². The topological polar surface area (TPSA) is 55.8 Å². The molecule has 4 nitrogen and oxygen atoms in total. The van der Waals surface area contributed by atoms with Gasteiger partial charge in [0.25, 0.3) is 0 Å². The number of methoxy groups -OCH3 is 1. The van der Waals surface area contributed by atoms with Gasteiger partial charge in [-0.1, -0.05) is 30.3 Å². The third-order valence-electron chi connectivity index (χ3n) is 2.59. The molecule has 0 heterocycles. The van der Waals surface area contributed by atoms with E-state index in [9.17, 15) is 9.90 Å². The number of phenols is 1. The lowest BCUT2D eigenvalue weighted by atomic mass is 10.0. The Labute approximate surface area is 111 Å². The van der Waals surface area contributed by atoms with Crippen molar-refractivity contribution < 1.29 is 19.4 Å². The Balaban J connectivity index is 2.24. The number of ether oxygens (including phenoxy) is 2. The first-order valence-corrected chi connectivity index (χ1v) is 5.77. The number of carbonyl (C=O) groups is 1. The van der Waals surface area contributed by atoms with Gasteiger partial charge in [-0.25, -0.2) is 0 Å². The maximum absolute atomic E-state index is 12.2. The largest absolute Gasteiger partial charge is 0.507 e. The molecule has 4 heteroatoms. The lowest BCUT2D eigenvalue weighted by molar-refractivity contribution is 0.0510. The van der Waals surface area contributed by atoms with Crippen LogP contribution in [0.15, 0.2) is 48.5 Å². The summed E-state index contributed by atoms with van der Waals surface area (Å²) in [6.45, 7) is 0.0887. The highest BCUT2D eigenvalue weighted by Crippen LogP contribution is 2.25. The van der Waals surface area contributed by atoms with E-state index in [0.717, 1.165) is 0 Å². The second-order valence-corrected chi connectivity index (χ2v) is 3.92. The summed E-state index contributed by atoms with van der Waals surface area (Å²) < 4.78 is 9.94. The molecule has 0 unspecified atom stereocenters. The molecule has 0 fully saturated rings. The molecule has 2 aromatic carbocycles. The third-order valence-corrected chi connectivity index (χ3v) is 2.59. The number of ketones is 1. The van der Waals surface area contributed by atoms with Crippen LogP contribution >= 0.6 is 0 Å². The highest BCUT2D eigenvalue weighted by Gasteiger charge is 2.13. The van der Waals surface area contributed by atoms with Gasteiger partial charge in [-0.3, -0.25) is 4.79 Å². The fourth-order valence-corrected chi connectivity index (χ4v) is 1.67. The summed E-state index contributed by atoms with van der Waals surface area (Å²) in [5, 5.41) is 9.88. The van der Waals surface area contributed by atoms with Crippen molar-refractivity contribution in [3.63, 3.8) is 0 Å². The number of rotatable bonds is 5. The smallest absolute Gasteiger partial charge is 0.196 e. The maximum Gasteiger partial charge on any atom is 0.196 e. The highest BCUT2D eigenvalue weighted by molar-refractivity contribution is 6.10. The van der Waals surface area contributed by atoms with Gasteiger partial charge in [-0.2, -0.15) is 0 Å².